The minimum atomic E-state index is 0.131. The summed E-state index contributed by atoms with van der Waals surface area (Å²) in [7, 11) is 0.131. The maximum absolute atomic E-state index is 3.61. The first-order chi connectivity index (χ1) is 5.88. The van der Waals surface area contributed by atoms with Crippen molar-refractivity contribution in [2.24, 2.45) is 0 Å². The topological polar surface area (TPSA) is 0 Å². The van der Waals surface area contributed by atoms with E-state index in [1.807, 2.05) is 6.07 Å². The number of thiophene rings is 1. The van der Waals surface area contributed by atoms with Crippen molar-refractivity contribution < 1.29 is 0 Å². The van der Waals surface area contributed by atoms with Gasteiger partial charge in [-0.2, -0.15) is 0 Å². The van der Waals surface area contributed by atoms with E-state index in [4.69, 9.17) is 0 Å². The van der Waals surface area contributed by atoms with Gasteiger partial charge in [0.05, 0.1) is 8.90 Å². The lowest BCUT2D eigenvalue weighted by Crippen LogP contribution is -1.68. The quantitative estimate of drug-likeness (QED) is 0.653. The van der Waals surface area contributed by atoms with E-state index in [2.05, 4.69) is 56.6 Å². The Hall–Kier alpha value is -0.600. The summed E-state index contributed by atoms with van der Waals surface area (Å²) in [6, 6.07) is 14.7. The molecular weight excluding hydrogens is 232 g/mol. The molecule has 12 heavy (non-hydrogen) atoms. The molecule has 2 rings (SSSR count). The highest BCUT2D eigenvalue weighted by Gasteiger charge is 2.11. The maximum Gasteiger partial charge on any atom is 0.268 e. The van der Waals surface area contributed by atoms with Crippen LogP contribution in [0.4, 0.5) is 0 Å². The van der Waals surface area contributed by atoms with Crippen LogP contribution in [0.5, 0.6) is 0 Å². The third-order valence-corrected chi connectivity index (χ3v) is 4.60. The molecule has 1 heterocycles. The van der Waals surface area contributed by atoms with Crippen LogP contribution in [0.3, 0.4) is 0 Å². The van der Waals surface area contributed by atoms with E-state index in [-0.39, 0.29) is 8.90 Å². The van der Waals surface area contributed by atoms with Crippen LogP contribution in [-0.4, -0.2) is 0 Å². The Balaban J connectivity index is 2.51. The molecule has 1 aromatic heterocycles. The van der Waals surface area contributed by atoms with Crippen LogP contribution in [0, 0.1) is 0 Å². The van der Waals surface area contributed by atoms with Gasteiger partial charge in [-0.1, -0.05) is 18.2 Å². The normalized spacial score (nSPS) is 11.6. The van der Waals surface area contributed by atoms with E-state index in [9.17, 15) is 0 Å². The first-order valence-corrected chi connectivity index (χ1v) is 6.84. The fraction of sp³-hybridized carbons (Fsp3) is 0. The second kappa shape index (κ2) is 3.42. The van der Waals surface area contributed by atoms with Gasteiger partial charge >= 0.3 is 0 Å². The molecule has 0 aliphatic carbocycles. The lowest BCUT2D eigenvalue weighted by atomic mass is 10.2. The minimum Gasteiger partial charge on any atom is -0.0622 e. The molecule has 1 aromatic carbocycles. The molecule has 0 spiro atoms. The fourth-order valence-corrected chi connectivity index (χ4v) is 3.34. The SMILES string of the molecule is Br[s+]1cccc1-c1ccccc1. The van der Waals surface area contributed by atoms with Crippen LogP contribution in [0.15, 0.2) is 47.8 Å². The zero-order chi connectivity index (χ0) is 8.39. The third kappa shape index (κ3) is 1.45. The molecule has 2 aromatic rings. The van der Waals surface area contributed by atoms with Gasteiger partial charge in [-0.25, -0.2) is 0 Å². The van der Waals surface area contributed by atoms with Crippen molar-refractivity contribution in [1.82, 2.24) is 0 Å². The molecular formula is C10H8BrS+. The summed E-state index contributed by atoms with van der Waals surface area (Å²) >= 11 is 3.61. The van der Waals surface area contributed by atoms with E-state index in [1.54, 1.807) is 0 Å². The van der Waals surface area contributed by atoms with Gasteiger partial charge in [-0.3, -0.25) is 0 Å². The van der Waals surface area contributed by atoms with E-state index in [0.29, 0.717) is 0 Å². The highest BCUT2D eigenvalue weighted by Crippen LogP contribution is 2.38. The molecule has 60 valence electrons. The molecule has 0 nitrogen and oxygen atoms in total. The number of rotatable bonds is 1. The Morgan fingerprint density at radius 3 is 2.25 bits per heavy atom. The molecule has 0 aliphatic heterocycles. The summed E-state index contributed by atoms with van der Waals surface area (Å²) in [6.45, 7) is 0. The summed E-state index contributed by atoms with van der Waals surface area (Å²) in [5.74, 6) is 0. The van der Waals surface area contributed by atoms with E-state index >= 15 is 0 Å². The van der Waals surface area contributed by atoms with E-state index in [1.165, 1.54) is 10.4 Å². The molecule has 1 atom stereocenters. The molecule has 0 amide bonds. The van der Waals surface area contributed by atoms with Crippen LogP contribution in [0.2, 0.25) is 0 Å². The van der Waals surface area contributed by atoms with Gasteiger partial charge in [-0.05, 0) is 18.2 Å². The molecule has 0 N–H and O–H groups in total. The predicted molar refractivity (Wildman–Crippen MR) is 58.7 cm³/mol. The first kappa shape index (κ1) is 8.02. The monoisotopic (exact) mass is 239 g/mol. The van der Waals surface area contributed by atoms with E-state index < -0.39 is 0 Å². The van der Waals surface area contributed by atoms with Gasteiger partial charge in [0.1, 0.15) is 0 Å². The van der Waals surface area contributed by atoms with Crippen molar-refractivity contribution in [2.45, 2.75) is 0 Å². The highest BCUT2D eigenvalue weighted by atomic mass is 79.9. The van der Waals surface area contributed by atoms with Crippen LogP contribution < -0.4 is 0 Å². The molecule has 2 heteroatoms. The van der Waals surface area contributed by atoms with E-state index in [0.717, 1.165) is 0 Å². The Kier molecular flexibility index (Phi) is 2.28. The number of benzene rings is 1. The van der Waals surface area contributed by atoms with Crippen LogP contribution >= 0.6 is 23.7 Å². The maximum atomic E-state index is 3.61. The van der Waals surface area contributed by atoms with Crippen molar-refractivity contribution >= 4 is 23.7 Å². The Morgan fingerprint density at radius 2 is 1.67 bits per heavy atom. The Bertz CT molecular complexity index is 364. The highest BCUT2D eigenvalue weighted by molar-refractivity contribution is 9.34. The van der Waals surface area contributed by atoms with Gasteiger partial charge in [0.25, 0.3) is 14.8 Å². The second-order valence-corrected chi connectivity index (χ2v) is 5.88. The zero-order valence-electron chi connectivity index (χ0n) is 6.41. The summed E-state index contributed by atoms with van der Waals surface area (Å²) in [5.41, 5.74) is 1.31. The number of hydrogen-bond donors (Lipinski definition) is 0. The predicted octanol–water partition coefficient (Wildman–Crippen LogP) is 4.26. The zero-order valence-corrected chi connectivity index (χ0v) is 8.81. The first-order valence-electron chi connectivity index (χ1n) is 3.71. The average molecular weight is 240 g/mol. The smallest absolute Gasteiger partial charge is 0.0622 e. The van der Waals surface area contributed by atoms with Crippen molar-refractivity contribution in [1.29, 1.82) is 0 Å². The largest absolute Gasteiger partial charge is 0.268 e. The van der Waals surface area contributed by atoms with Gasteiger partial charge in [0, 0.05) is 11.6 Å². The fourth-order valence-electron chi connectivity index (χ4n) is 1.15. The molecule has 0 fully saturated rings. The van der Waals surface area contributed by atoms with Gasteiger partial charge in [0.15, 0.2) is 10.3 Å². The molecule has 0 saturated carbocycles. The summed E-state index contributed by atoms with van der Waals surface area (Å²) in [6.07, 6.45) is 0. The summed E-state index contributed by atoms with van der Waals surface area (Å²) in [4.78, 5) is 1.37. The van der Waals surface area contributed by atoms with Crippen molar-refractivity contribution in [3.63, 3.8) is 0 Å². The molecule has 1 unspecified atom stereocenters. The standard InChI is InChI=1S/C10H8BrS/c11-12-8-4-7-10(12)9-5-2-1-3-6-9/h1-8H/q+1. The molecule has 0 saturated heterocycles. The van der Waals surface area contributed by atoms with Crippen molar-refractivity contribution in [3.05, 3.63) is 47.8 Å². The van der Waals surface area contributed by atoms with Crippen molar-refractivity contribution in [2.75, 3.05) is 0 Å². The third-order valence-electron chi connectivity index (χ3n) is 1.71. The Morgan fingerprint density at radius 1 is 0.917 bits per heavy atom. The van der Waals surface area contributed by atoms with Crippen LogP contribution in [0.1, 0.15) is 0 Å². The number of hydrogen-bond acceptors (Lipinski definition) is 0. The van der Waals surface area contributed by atoms with Crippen molar-refractivity contribution in [3.8, 4) is 10.4 Å². The lowest BCUT2D eigenvalue weighted by Gasteiger charge is -1.90. The van der Waals surface area contributed by atoms with Crippen LogP contribution in [0.25, 0.3) is 10.4 Å². The molecule has 0 bridgehead atoms. The van der Waals surface area contributed by atoms with Gasteiger partial charge in [0.2, 0.25) is 0 Å². The Labute approximate surface area is 82.0 Å². The molecule has 0 radical (unpaired) electrons. The number of halogens is 1. The van der Waals surface area contributed by atoms with Gasteiger partial charge in [-0.15, -0.1) is 0 Å². The molecule has 0 aliphatic rings. The second-order valence-electron chi connectivity index (χ2n) is 2.51. The lowest BCUT2D eigenvalue weighted by molar-refractivity contribution is 1.70. The summed E-state index contributed by atoms with van der Waals surface area (Å²) < 4.78 is 0. The van der Waals surface area contributed by atoms with Gasteiger partial charge < -0.3 is 0 Å². The summed E-state index contributed by atoms with van der Waals surface area (Å²) in [5, 5.41) is 2.17. The average Bonchev–Trinajstić information content (AvgIpc) is 2.53. The minimum absolute atomic E-state index is 0.131. The van der Waals surface area contributed by atoms with Crippen LogP contribution in [-0.2, 0) is 0 Å².